The fourth-order valence-electron chi connectivity index (χ4n) is 2.80. The average Bonchev–Trinajstić information content (AvgIpc) is 3.23. The third-order valence-electron chi connectivity index (χ3n) is 4.30. The summed E-state index contributed by atoms with van der Waals surface area (Å²) in [5, 5.41) is 9.98. The topological polar surface area (TPSA) is 108 Å². The van der Waals surface area contributed by atoms with Gasteiger partial charge in [-0.2, -0.15) is 23.4 Å². The van der Waals surface area contributed by atoms with Crippen molar-refractivity contribution in [1.29, 1.82) is 0 Å². The SMILES string of the molecule is C[C@@H](C(=O)Nc1cnn(C)c1C(N)=O)n1nc(C(F)(F)F)c(Br)c1C1CC1. The summed E-state index contributed by atoms with van der Waals surface area (Å²) in [6, 6.07) is -1.05. The molecule has 12 heteroatoms. The number of carbonyl (C=O) groups excluding carboxylic acids is 2. The first-order chi connectivity index (χ1) is 12.5. The molecule has 1 saturated carbocycles. The maximum absolute atomic E-state index is 13.2. The van der Waals surface area contributed by atoms with Gasteiger partial charge in [-0.1, -0.05) is 0 Å². The number of amides is 2. The number of nitrogens with zero attached hydrogens (tertiary/aromatic N) is 4. The molecule has 0 saturated heterocycles. The van der Waals surface area contributed by atoms with E-state index in [4.69, 9.17) is 5.73 Å². The summed E-state index contributed by atoms with van der Waals surface area (Å²) in [7, 11) is 1.48. The van der Waals surface area contributed by atoms with Crippen LogP contribution in [0.3, 0.4) is 0 Å². The van der Waals surface area contributed by atoms with Crippen LogP contribution in [0, 0.1) is 0 Å². The van der Waals surface area contributed by atoms with Gasteiger partial charge < -0.3 is 11.1 Å². The quantitative estimate of drug-likeness (QED) is 0.732. The predicted molar refractivity (Wildman–Crippen MR) is 92.0 cm³/mol. The molecule has 0 radical (unpaired) electrons. The van der Waals surface area contributed by atoms with Crippen molar-refractivity contribution in [3.8, 4) is 0 Å². The third-order valence-corrected chi connectivity index (χ3v) is 5.08. The molecule has 1 aliphatic rings. The second kappa shape index (κ2) is 6.66. The number of halogens is 4. The molecular formula is C15H16BrF3N6O2. The standard InChI is InChI=1S/C15H16BrF3N6O2/c1-6(14(27)22-8-5-21-24(2)11(8)13(20)26)25-10(7-3-4-7)9(16)12(23-25)15(17,18)19/h5-7H,3-4H2,1-2H3,(H2,20,26)(H,22,27)/t6-/m0/s1. The summed E-state index contributed by atoms with van der Waals surface area (Å²) in [4.78, 5) is 24.1. The molecule has 0 unspecified atom stereocenters. The van der Waals surface area contributed by atoms with Gasteiger partial charge >= 0.3 is 6.18 Å². The lowest BCUT2D eigenvalue weighted by Crippen LogP contribution is -2.27. The van der Waals surface area contributed by atoms with Crippen LogP contribution in [0.15, 0.2) is 10.7 Å². The molecule has 3 N–H and O–H groups in total. The van der Waals surface area contributed by atoms with Crippen molar-refractivity contribution < 1.29 is 22.8 Å². The number of anilines is 1. The fraction of sp³-hybridized carbons (Fsp3) is 0.467. The maximum atomic E-state index is 13.2. The van der Waals surface area contributed by atoms with E-state index in [1.807, 2.05) is 0 Å². The zero-order chi connectivity index (χ0) is 20.1. The average molecular weight is 449 g/mol. The Hall–Kier alpha value is -2.37. The van der Waals surface area contributed by atoms with Gasteiger partial charge in [-0.25, -0.2) is 0 Å². The smallest absolute Gasteiger partial charge is 0.364 e. The summed E-state index contributed by atoms with van der Waals surface area (Å²) in [6.07, 6.45) is -1.95. The van der Waals surface area contributed by atoms with Crippen molar-refractivity contribution >= 4 is 33.4 Å². The number of nitrogens with one attached hydrogen (secondary N) is 1. The molecule has 2 heterocycles. The van der Waals surface area contributed by atoms with E-state index in [1.54, 1.807) is 0 Å². The fourth-order valence-corrected chi connectivity index (χ4v) is 3.61. The molecule has 0 spiro atoms. The van der Waals surface area contributed by atoms with E-state index in [0.29, 0.717) is 5.69 Å². The molecule has 2 amide bonds. The van der Waals surface area contributed by atoms with Gasteiger partial charge in [0.15, 0.2) is 5.69 Å². The first kappa shape index (κ1) is 19.4. The van der Waals surface area contributed by atoms with Gasteiger partial charge in [0.2, 0.25) is 5.91 Å². The Labute approximate surface area is 160 Å². The minimum absolute atomic E-state index is 0.0180. The van der Waals surface area contributed by atoms with Crippen LogP contribution in [0.4, 0.5) is 18.9 Å². The Balaban J connectivity index is 1.93. The first-order valence-electron chi connectivity index (χ1n) is 8.00. The number of primary amides is 1. The highest BCUT2D eigenvalue weighted by Gasteiger charge is 2.43. The van der Waals surface area contributed by atoms with Crippen molar-refractivity contribution in [2.24, 2.45) is 12.8 Å². The van der Waals surface area contributed by atoms with Gasteiger partial charge in [0, 0.05) is 13.0 Å². The minimum atomic E-state index is -4.65. The highest BCUT2D eigenvalue weighted by molar-refractivity contribution is 9.10. The van der Waals surface area contributed by atoms with Gasteiger partial charge in [0.1, 0.15) is 11.7 Å². The van der Waals surface area contributed by atoms with Crippen molar-refractivity contribution in [1.82, 2.24) is 19.6 Å². The van der Waals surface area contributed by atoms with E-state index in [1.165, 1.54) is 24.9 Å². The molecular weight excluding hydrogens is 433 g/mol. The zero-order valence-electron chi connectivity index (χ0n) is 14.3. The molecule has 146 valence electrons. The van der Waals surface area contributed by atoms with Gasteiger partial charge in [0.05, 0.1) is 22.1 Å². The number of hydrogen-bond donors (Lipinski definition) is 2. The largest absolute Gasteiger partial charge is 0.436 e. The van der Waals surface area contributed by atoms with Crippen LogP contribution in [0.25, 0.3) is 0 Å². The van der Waals surface area contributed by atoms with E-state index in [-0.39, 0.29) is 21.8 Å². The highest BCUT2D eigenvalue weighted by atomic mass is 79.9. The lowest BCUT2D eigenvalue weighted by atomic mass is 10.2. The molecule has 3 rings (SSSR count). The van der Waals surface area contributed by atoms with Crippen molar-refractivity contribution in [3.63, 3.8) is 0 Å². The van der Waals surface area contributed by atoms with Gasteiger partial charge in [0.25, 0.3) is 5.91 Å². The lowest BCUT2D eigenvalue weighted by molar-refractivity contribution is -0.142. The monoisotopic (exact) mass is 448 g/mol. The van der Waals surface area contributed by atoms with E-state index < -0.39 is 29.7 Å². The first-order valence-corrected chi connectivity index (χ1v) is 8.79. The summed E-state index contributed by atoms with van der Waals surface area (Å²) in [5.74, 6) is -1.52. The normalized spacial score (nSPS) is 15.6. The van der Waals surface area contributed by atoms with Crippen molar-refractivity contribution in [2.75, 3.05) is 5.32 Å². The Morgan fingerprint density at radius 1 is 1.41 bits per heavy atom. The predicted octanol–water partition coefficient (Wildman–Crippen LogP) is 2.57. The summed E-state index contributed by atoms with van der Waals surface area (Å²) >= 11 is 2.99. The van der Waals surface area contributed by atoms with E-state index >= 15 is 0 Å². The number of carbonyl (C=O) groups is 2. The number of aryl methyl sites for hydroxylation is 1. The molecule has 1 fully saturated rings. The van der Waals surface area contributed by atoms with E-state index in [2.05, 4.69) is 31.4 Å². The van der Waals surface area contributed by atoms with Crippen LogP contribution in [0.2, 0.25) is 0 Å². The number of hydrogen-bond acceptors (Lipinski definition) is 4. The molecule has 1 aliphatic carbocycles. The molecule has 1 atom stereocenters. The number of alkyl halides is 3. The Bertz CT molecular complexity index is 916. The van der Waals surface area contributed by atoms with Crippen LogP contribution in [-0.2, 0) is 18.0 Å². The van der Waals surface area contributed by atoms with E-state index in [9.17, 15) is 22.8 Å². The number of rotatable bonds is 5. The van der Waals surface area contributed by atoms with Crippen LogP contribution in [0.5, 0.6) is 0 Å². The second-order valence-corrected chi connectivity index (χ2v) is 7.12. The molecule has 0 bridgehead atoms. The number of aromatic nitrogens is 4. The maximum Gasteiger partial charge on any atom is 0.436 e. The van der Waals surface area contributed by atoms with Crippen LogP contribution in [-0.4, -0.2) is 31.4 Å². The molecule has 8 nitrogen and oxygen atoms in total. The molecule has 27 heavy (non-hydrogen) atoms. The van der Waals surface area contributed by atoms with Crippen molar-refractivity contribution in [2.45, 2.75) is 37.9 Å². The third kappa shape index (κ3) is 3.57. The summed E-state index contributed by atoms with van der Waals surface area (Å²) in [6.45, 7) is 1.43. The Morgan fingerprint density at radius 3 is 2.56 bits per heavy atom. The Kier molecular flexibility index (Phi) is 4.78. The van der Waals surface area contributed by atoms with Crippen LogP contribution in [0.1, 0.15) is 53.6 Å². The van der Waals surface area contributed by atoms with E-state index in [0.717, 1.165) is 17.5 Å². The highest BCUT2D eigenvalue weighted by Crippen LogP contribution is 2.47. The summed E-state index contributed by atoms with van der Waals surface area (Å²) in [5.41, 5.74) is 4.60. The molecule has 2 aromatic heterocycles. The van der Waals surface area contributed by atoms with Gasteiger partial charge in [-0.15, -0.1) is 0 Å². The number of nitrogens with two attached hydrogens (primary N) is 1. The van der Waals surface area contributed by atoms with Gasteiger partial charge in [-0.05, 0) is 35.7 Å². The van der Waals surface area contributed by atoms with Gasteiger partial charge in [-0.3, -0.25) is 19.0 Å². The molecule has 0 aliphatic heterocycles. The van der Waals surface area contributed by atoms with Crippen molar-refractivity contribution in [3.05, 3.63) is 27.8 Å². The summed E-state index contributed by atoms with van der Waals surface area (Å²) < 4.78 is 41.8. The Morgan fingerprint density at radius 2 is 2.04 bits per heavy atom. The molecule has 2 aromatic rings. The zero-order valence-corrected chi connectivity index (χ0v) is 15.9. The lowest BCUT2D eigenvalue weighted by Gasteiger charge is -2.15. The van der Waals surface area contributed by atoms with Crippen LogP contribution >= 0.6 is 15.9 Å². The van der Waals surface area contributed by atoms with Crippen LogP contribution < -0.4 is 11.1 Å². The minimum Gasteiger partial charge on any atom is -0.364 e. The second-order valence-electron chi connectivity index (χ2n) is 6.32. The molecule has 0 aromatic carbocycles.